The van der Waals surface area contributed by atoms with Crippen molar-refractivity contribution >= 4 is 5.91 Å². The standard InChI is InChI=1S/C55H105NO13/c1-3-5-7-9-11-13-15-17-18-19-20-21-22-23-24-25-27-29-31-33-35-37-39-47(60)56-43(44(59)38-36-34-32-30-28-26-16-14-12-10-8-6-4-2)42-66-54-52(65)50(63)53(46(41-58)68-54)69-55-51(64)49(62)48(61)45(40-57)67-55/h36,38,43-46,48-55,57-59,61-65H,3-35,37,39-42H2,1-2H3,(H,56,60)/t43-,44+,45+,46+,48-,49-,50+,51+,52?,53+,54+,55-/m0/s1. The van der Waals surface area contributed by atoms with Crippen molar-refractivity contribution in [2.75, 3.05) is 19.8 Å². The molecule has 0 spiro atoms. The summed E-state index contributed by atoms with van der Waals surface area (Å²) in [6.45, 7) is 2.81. The van der Waals surface area contributed by atoms with E-state index in [0.717, 1.165) is 38.5 Å². The zero-order chi connectivity index (χ0) is 50.3. The molecular weight excluding hydrogens is 883 g/mol. The third kappa shape index (κ3) is 28.7. The van der Waals surface area contributed by atoms with E-state index in [1.165, 1.54) is 173 Å². The quantitative estimate of drug-likeness (QED) is 0.0206. The van der Waals surface area contributed by atoms with Gasteiger partial charge in [-0.3, -0.25) is 4.79 Å². The van der Waals surface area contributed by atoms with Gasteiger partial charge in [0.25, 0.3) is 0 Å². The fraction of sp³-hybridized carbons (Fsp3) is 0.945. The van der Waals surface area contributed by atoms with E-state index in [0.29, 0.717) is 6.42 Å². The minimum Gasteiger partial charge on any atom is -0.394 e. The molecule has 0 aliphatic carbocycles. The minimum atomic E-state index is -1.78. The number of hydrogen-bond acceptors (Lipinski definition) is 13. The van der Waals surface area contributed by atoms with E-state index in [4.69, 9.17) is 18.9 Å². The van der Waals surface area contributed by atoms with Gasteiger partial charge in [-0.15, -0.1) is 0 Å². The number of ether oxygens (including phenoxy) is 4. The molecule has 2 aliphatic heterocycles. The van der Waals surface area contributed by atoms with Gasteiger partial charge in [0, 0.05) is 6.42 Å². The Morgan fingerprint density at radius 2 is 0.899 bits per heavy atom. The lowest BCUT2D eigenvalue weighted by Gasteiger charge is -2.46. The first kappa shape index (κ1) is 63.8. The summed E-state index contributed by atoms with van der Waals surface area (Å²) in [6.07, 6.45) is 29.7. The molecule has 0 radical (unpaired) electrons. The van der Waals surface area contributed by atoms with Gasteiger partial charge in [0.15, 0.2) is 12.6 Å². The van der Waals surface area contributed by atoms with E-state index in [1.807, 2.05) is 6.08 Å². The SMILES string of the molecule is CCCCCCCCCCCCCC=C[C@@H](O)[C@H](CO[C@@H]1O[C@H](CO)[C@@H](O[C@@H]2O[C@H](CO)[C@H](O)[C@H](O)[C@H]2O)[C@H](O)C1O)NC(=O)CCCCCCCCCCCCCCCCCCCCCCCC. The maximum absolute atomic E-state index is 13.2. The summed E-state index contributed by atoms with van der Waals surface area (Å²) in [5.41, 5.74) is 0. The van der Waals surface area contributed by atoms with E-state index in [-0.39, 0.29) is 18.9 Å². The van der Waals surface area contributed by atoms with Gasteiger partial charge in [0.2, 0.25) is 5.91 Å². The van der Waals surface area contributed by atoms with E-state index >= 15 is 0 Å². The van der Waals surface area contributed by atoms with Gasteiger partial charge in [0.05, 0.1) is 32.0 Å². The molecule has 2 rings (SSSR count). The molecule has 9 N–H and O–H groups in total. The summed E-state index contributed by atoms with van der Waals surface area (Å²) >= 11 is 0. The molecule has 0 saturated carbocycles. The van der Waals surface area contributed by atoms with Crippen LogP contribution in [0.2, 0.25) is 0 Å². The Kier molecular flexibility index (Phi) is 39.0. The summed E-state index contributed by atoms with van der Waals surface area (Å²) < 4.78 is 22.7. The third-order valence-corrected chi connectivity index (χ3v) is 14.2. The number of rotatable bonds is 45. The van der Waals surface area contributed by atoms with Gasteiger partial charge in [0.1, 0.15) is 48.8 Å². The van der Waals surface area contributed by atoms with Crippen molar-refractivity contribution in [1.82, 2.24) is 5.32 Å². The number of allylic oxidation sites excluding steroid dienone is 1. The van der Waals surface area contributed by atoms with Gasteiger partial charge in [-0.25, -0.2) is 0 Å². The average Bonchev–Trinajstić information content (AvgIpc) is 3.35. The lowest BCUT2D eigenvalue weighted by Crippen LogP contribution is -2.65. The second kappa shape index (κ2) is 42.1. The molecule has 2 aliphatic rings. The molecule has 408 valence electrons. The monoisotopic (exact) mass is 988 g/mol. The summed E-state index contributed by atoms with van der Waals surface area (Å²) in [5, 5.41) is 86.9. The highest BCUT2D eigenvalue weighted by atomic mass is 16.7. The Morgan fingerprint density at radius 1 is 0.507 bits per heavy atom. The normalized spacial score (nSPS) is 26.2. The molecule has 1 unspecified atom stereocenters. The fourth-order valence-electron chi connectivity index (χ4n) is 9.59. The topological polar surface area (TPSA) is 228 Å². The lowest BCUT2D eigenvalue weighted by atomic mass is 9.97. The number of unbranched alkanes of at least 4 members (excludes halogenated alkanes) is 32. The van der Waals surface area contributed by atoms with Crippen LogP contribution < -0.4 is 5.32 Å². The van der Waals surface area contributed by atoms with Crippen LogP contribution >= 0.6 is 0 Å². The Hall–Kier alpha value is -1.27. The molecule has 14 nitrogen and oxygen atoms in total. The maximum atomic E-state index is 13.2. The summed E-state index contributed by atoms with van der Waals surface area (Å²) in [5.74, 6) is -0.235. The van der Waals surface area contributed by atoms with Gasteiger partial charge in [-0.1, -0.05) is 225 Å². The predicted molar refractivity (Wildman–Crippen MR) is 272 cm³/mol. The van der Waals surface area contributed by atoms with E-state index in [9.17, 15) is 45.6 Å². The van der Waals surface area contributed by atoms with Crippen molar-refractivity contribution in [3.63, 3.8) is 0 Å². The van der Waals surface area contributed by atoms with Crippen molar-refractivity contribution in [3.05, 3.63) is 12.2 Å². The van der Waals surface area contributed by atoms with Crippen molar-refractivity contribution < 1.29 is 64.6 Å². The highest BCUT2D eigenvalue weighted by Gasteiger charge is 2.51. The van der Waals surface area contributed by atoms with Crippen LogP contribution in [0, 0.1) is 0 Å². The van der Waals surface area contributed by atoms with Crippen molar-refractivity contribution in [2.24, 2.45) is 0 Å². The molecule has 69 heavy (non-hydrogen) atoms. The van der Waals surface area contributed by atoms with Crippen LogP contribution in [0.3, 0.4) is 0 Å². The number of carbonyl (C=O) groups is 1. The van der Waals surface area contributed by atoms with Gasteiger partial charge < -0.3 is 65.1 Å². The molecule has 2 fully saturated rings. The summed E-state index contributed by atoms with van der Waals surface area (Å²) in [7, 11) is 0. The zero-order valence-corrected chi connectivity index (χ0v) is 43.6. The number of nitrogens with one attached hydrogen (secondary N) is 1. The van der Waals surface area contributed by atoms with Crippen LogP contribution in [0.15, 0.2) is 12.2 Å². The summed E-state index contributed by atoms with van der Waals surface area (Å²) in [6, 6.07) is -0.908. The Morgan fingerprint density at radius 3 is 1.33 bits per heavy atom. The highest BCUT2D eigenvalue weighted by molar-refractivity contribution is 5.76. The first-order valence-corrected chi connectivity index (χ1v) is 28.4. The second-order valence-electron chi connectivity index (χ2n) is 20.4. The molecule has 0 bridgehead atoms. The maximum Gasteiger partial charge on any atom is 0.220 e. The van der Waals surface area contributed by atoms with Crippen LogP contribution in [0.5, 0.6) is 0 Å². The molecule has 14 heteroatoms. The second-order valence-corrected chi connectivity index (χ2v) is 20.4. The van der Waals surface area contributed by atoms with Crippen LogP contribution in [0.25, 0.3) is 0 Å². The Labute approximate surface area is 418 Å². The molecule has 0 aromatic heterocycles. The van der Waals surface area contributed by atoms with E-state index < -0.39 is 86.8 Å². The largest absolute Gasteiger partial charge is 0.394 e. The smallest absolute Gasteiger partial charge is 0.220 e. The molecule has 1 amide bonds. The molecule has 2 saturated heterocycles. The molecule has 0 aromatic carbocycles. The first-order valence-electron chi connectivity index (χ1n) is 28.4. The number of aliphatic hydroxyl groups excluding tert-OH is 8. The zero-order valence-electron chi connectivity index (χ0n) is 43.6. The number of amides is 1. The number of hydrogen-bond donors (Lipinski definition) is 9. The minimum absolute atomic E-state index is 0.235. The Balaban J connectivity index is 1.76. The van der Waals surface area contributed by atoms with Gasteiger partial charge >= 0.3 is 0 Å². The number of aliphatic hydroxyl groups is 8. The predicted octanol–water partition coefficient (Wildman–Crippen LogP) is 8.72. The molecule has 0 aromatic rings. The van der Waals surface area contributed by atoms with Crippen molar-refractivity contribution in [1.29, 1.82) is 0 Å². The molecular formula is C55H105NO13. The van der Waals surface area contributed by atoms with Crippen LogP contribution in [0.4, 0.5) is 0 Å². The summed E-state index contributed by atoms with van der Waals surface area (Å²) in [4.78, 5) is 13.2. The van der Waals surface area contributed by atoms with E-state index in [2.05, 4.69) is 19.2 Å². The average molecular weight is 988 g/mol. The highest BCUT2D eigenvalue weighted by Crippen LogP contribution is 2.30. The van der Waals surface area contributed by atoms with Gasteiger partial charge in [-0.05, 0) is 19.3 Å². The van der Waals surface area contributed by atoms with Crippen LogP contribution in [-0.4, -0.2) is 140 Å². The van der Waals surface area contributed by atoms with Gasteiger partial charge in [-0.2, -0.15) is 0 Å². The lowest BCUT2D eigenvalue weighted by molar-refractivity contribution is -0.359. The van der Waals surface area contributed by atoms with Crippen molar-refractivity contribution in [3.8, 4) is 0 Å². The molecule has 2 heterocycles. The van der Waals surface area contributed by atoms with E-state index in [1.54, 1.807) is 6.08 Å². The molecule has 12 atom stereocenters. The number of carbonyl (C=O) groups excluding carboxylic acids is 1. The van der Waals surface area contributed by atoms with Crippen molar-refractivity contribution in [2.45, 2.75) is 312 Å². The van der Waals surface area contributed by atoms with Crippen LogP contribution in [-0.2, 0) is 23.7 Å². The fourth-order valence-corrected chi connectivity index (χ4v) is 9.59. The first-order chi connectivity index (χ1) is 33.6. The van der Waals surface area contributed by atoms with Crippen LogP contribution in [0.1, 0.15) is 239 Å². The third-order valence-electron chi connectivity index (χ3n) is 14.2. The Bertz CT molecular complexity index is 1210.